The third-order valence-corrected chi connectivity index (χ3v) is 2.59. The van der Waals surface area contributed by atoms with Crippen LogP contribution in [0.3, 0.4) is 0 Å². The first kappa shape index (κ1) is 10.9. The zero-order valence-electron chi connectivity index (χ0n) is 8.06. The molecule has 0 aliphatic rings. The summed E-state index contributed by atoms with van der Waals surface area (Å²) in [6.07, 6.45) is 4.72. The van der Waals surface area contributed by atoms with Crippen molar-refractivity contribution >= 4 is 11.8 Å². The molecule has 0 bridgehead atoms. The smallest absolute Gasteiger partial charge is 0.268 e. The lowest BCUT2D eigenvalue weighted by molar-refractivity contribution is 0.657. The van der Waals surface area contributed by atoms with Crippen LogP contribution in [0.4, 0.5) is 0 Å². The number of hydrogen-bond acceptors (Lipinski definition) is 3. The van der Waals surface area contributed by atoms with Gasteiger partial charge in [0.2, 0.25) is 0 Å². The molecule has 0 fully saturated rings. The van der Waals surface area contributed by atoms with Crippen molar-refractivity contribution in [2.24, 2.45) is 0 Å². The summed E-state index contributed by atoms with van der Waals surface area (Å²) >= 11 is 1.76. The van der Waals surface area contributed by atoms with Crippen LogP contribution in [0.1, 0.15) is 12.0 Å². The van der Waals surface area contributed by atoms with Crippen molar-refractivity contribution in [1.29, 1.82) is 5.26 Å². The lowest BCUT2D eigenvalue weighted by Crippen LogP contribution is -2.21. The van der Waals surface area contributed by atoms with Gasteiger partial charge in [-0.25, -0.2) is 0 Å². The van der Waals surface area contributed by atoms with Gasteiger partial charge >= 0.3 is 0 Å². The van der Waals surface area contributed by atoms with E-state index in [0.29, 0.717) is 6.54 Å². The molecule has 0 amide bonds. The van der Waals surface area contributed by atoms with E-state index in [2.05, 4.69) is 0 Å². The standard InChI is InChI=1S/C10H12N2OS/c1-14-7-3-6-12-5-2-4-9(8-11)10(12)13/h2,4-5H,3,6-7H2,1H3. The number of rotatable bonds is 4. The van der Waals surface area contributed by atoms with Crippen molar-refractivity contribution in [2.75, 3.05) is 12.0 Å². The van der Waals surface area contributed by atoms with E-state index < -0.39 is 0 Å². The van der Waals surface area contributed by atoms with Crippen LogP contribution in [-0.4, -0.2) is 16.6 Å². The first-order valence-electron chi connectivity index (χ1n) is 4.38. The number of nitriles is 1. The molecular weight excluding hydrogens is 196 g/mol. The Balaban J connectivity index is 2.79. The number of aromatic nitrogens is 1. The summed E-state index contributed by atoms with van der Waals surface area (Å²) in [5.41, 5.74) is 0.0350. The normalized spacial score (nSPS) is 9.71. The molecule has 0 saturated carbocycles. The molecule has 0 N–H and O–H groups in total. The average Bonchev–Trinajstić information content (AvgIpc) is 2.21. The Kier molecular flexibility index (Phi) is 4.27. The quantitative estimate of drug-likeness (QED) is 0.704. The maximum Gasteiger partial charge on any atom is 0.268 e. The fourth-order valence-electron chi connectivity index (χ4n) is 1.18. The minimum Gasteiger partial charge on any atom is -0.314 e. The molecule has 0 aromatic carbocycles. The zero-order chi connectivity index (χ0) is 10.4. The van der Waals surface area contributed by atoms with E-state index in [0.717, 1.165) is 12.2 Å². The van der Waals surface area contributed by atoms with Crippen LogP contribution in [0.25, 0.3) is 0 Å². The molecule has 14 heavy (non-hydrogen) atoms. The Bertz CT molecular complexity index is 392. The minimum atomic E-state index is -0.184. The maximum absolute atomic E-state index is 11.5. The Morgan fingerprint density at radius 2 is 2.43 bits per heavy atom. The Labute approximate surface area is 87.4 Å². The molecule has 1 rings (SSSR count). The van der Waals surface area contributed by atoms with Gasteiger partial charge in [-0.3, -0.25) is 4.79 Å². The molecule has 0 unspecified atom stereocenters. The van der Waals surface area contributed by atoms with Crippen LogP contribution in [0.5, 0.6) is 0 Å². The van der Waals surface area contributed by atoms with E-state index in [1.165, 1.54) is 0 Å². The highest BCUT2D eigenvalue weighted by molar-refractivity contribution is 7.98. The van der Waals surface area contributed by atoms with Gasteiger partial charge in [-0.1, -0.05) is 0 Å². The Morgan fingerprint density at radius 1 is 1.64 bits per heavy atom. The summed E-state index contributed by atoms with van der Waals surface area (Å²) in [7, 11) is 0. The molecule has 4 heteroatoms. The second kappa shape index (κ2) is 5.51. The SMILES string of the molecule is CSCCCn1cccc(C#N)c1=O. The lowest BCUT2D eigenvalue weighted by Gasteiger charge is -2.03. The minimum absolute atomic E-state index is 0.184. The highest BCUT2D eigenvalue weighted by Crippen LogP contribution is 1.98. The van der Waals surface area contributed by atoms with Crippen molar-refractivity contribution in [3.8, 4) is 6.07 Å². The fraction of sp³-hybridized carbons (Fsp3) is 0.400. The molecule has 74 valence electrons. The zero-order valence-corrected chi connectivity index (χ0v) is 8.88. The van der Waals surface area contributed by atoms with Crippen molar-refractivity contribution < 1.29 is 0 Å². The van der Waals surface area contributed by atoms with Gasteiger partial charge < -0.3 is 4.57 Å². The molecule has 1 aromatic rings. The Morgan fingerprint density at radius 3 is 3.07 bits per heavy atom. The number of nitrogens with zero attached hydrogens (tertiary/aromatic N) is 2. The number of pyridine rings is 1. The van der Waals surface area contributed by atoms with Crippen LogP contribution in [0.15, 0.2) is 23.1 Å². The topological polar surface area (TPSA) is 45.8 Å². The van der Waals surface area contributed by atoms with Gasteiger partial charge in [0.25, 0.3) is 5.56 Å². The third kappa shape index (κ3) is 2.64. The summed E-state index contributed by atoms with van der Waals surface area (Å²) in [6, 6.07) is 5.17. The highest BCUT2D eigenvalue weighted by Gasteiger charge is 2.00. The van der Waals surface area contributed by atoms with Crippen LogP contribution in [0.2, 0.25) is 0 Å². The van der Waals surface area contributed by atoms with E-state index in [4.69, 9.17) is 5.26 Å². The average molecular weight is 208 g/mol. The molecule has 0 saturated heterocycles. The maximum atomic E-state index is 11.5. The first-order chi connectivity index (χ1) is 6.79. The molecule has 0 spiro atoms. The van der Waals surface area contributed by atoms with Gasteiger partial charge in [-0.15, -0.1) is 0 Å². The van der Waals surface area contributed by atoms with Gasteiger partial charge in [-0.05, 0) is 30.6 Å². The third-order valence-electron chi connectivity index (χ3n) is 1.89. The number of hydrogen-bond donors (Lipinski definition) is 0. The summed E-state index contributed by atoms with van der Waals surface area (Å²) in [5, 5.41) is 8.65. The van der Waals surface area contributed by atoms with E-state index in [-0.39, 0.29) is 11.1 Å². The lowest BCUT2D eigenvalue weighted by atomic mass is 10.3. The summed E-state index contributed by atoms with van der Waals surface area (Å²) in [5.74, 6) is 1.03. The fourth-order valence-corrected chi connectivity index (χ4v) is 1.60. The predicted octanol–water partition coefficient (Wildman–Crippen LogP) is 1.47. The van der Waals surface area contributed by atoms with Gasteiger partial charge in [0, 0.05) is 12.7 Å². The van der Waals surface area contributed by atoms with E-state index in [1.54, 1.807) is 34.7 Å². The molecule has 0 radical (unpaired) electrons. The van der Waals surface area contributed by atoms with Gasteiger partial charge in [0.1, 0.15) is 11.6 Å². The van der Waals surface area contributed by atoms with E-state index in [1.807, 2.05) is 12.3 Å². The van der Waals surface area contributed by atoms with E-state index >= 15 is 0 Å². The highest BCUT2D eigenvalue weighted by atomic mass is 32.2. The first-order valence-corrected chi connectivity index (χ1v) is 5.77. The monoisotopic (exact) mass is 208 g/mol. The summed E-state index contributed by atoms with van der Waals surface area (Å²) in [6.45, 7) is 0.690. The summed E-state index contributed by atoms with van der Waals surface area (Å²) < 4.78 is 1.59. The van der Waals surface area contributed by atoms with Crippen molar-refractivity contribution in [3.63, 3.8) is 0 Å². The molecule has 1 aromatic heterocycles. The number of thioether (sulfide) groups is 1. The molecule has 0 aliphatic carbocycles. The summed E-state index contributed by atoms with van der Waals surface area (Å²) in [4.78, 5) is 11.5. The molecule has 3 nitrogen and oxygen atoms in total. The predicted molar refractivity (Wildman–Crippen MR) is 58.4 cm³/mol. The van der Waals surface area contributed by atoms with Crippen LogP contribution >= 0.6 is 11.8 Å². The molecule has 1 heterocycles. The van der Waals surface area contributed by atoms with Gasteiger partial charge in [-0.2, -0.15) is 17.0 Å². The Hall–Kier alpha value is -1.21. The second-order valence-corrected chi connectivity index (χ2v) is 3.86. The molecule has 0 aliphatic heterocycles. The van der Waals surface area contributed by atoms with Crippen LogP contribution in [-0.2, 0) is 6.54 Å². The van der Waals surface area contributed by atoms with Gasteiger partial charge in [0.05, 0.1) is 0 Å². The molecule has 0 atom stereocenters. The van der Waals surface area contributed by atoms with Crippen molar-refractivity contribution in [3.05, 3.63) is 34.2 Å². The van der Waals surface area contributed by atoms with Crippen molar-refractivity contribution in [2.45, 2.75) is 13.0 Å². The molecular formula is C10H12N2OS. The van der Waals surface area contributed by atoms with Crippen LogP contribution in [0, 0.1) is 11.3 Å². The van der Waals surface area contributed by atoms with Crippen LogP contribution < -0.4 is 5.56 Å². The van der Waals surface area contributed by atoms with Crippen molar-refractivity contribution in [1.82, 2.24) is 4.57 Å². The second-order valence-electron chi connectivity index (χ2n) is 2.88. The van der Waals surface area contributed by atoms with Gasteiger partial charge in [0.15, 0.2) is 0 Å². The number of aryl methyl sites for hydroxylation is 1. The van der Waals surface area contributed by atoms with E-state index in [9.17, 15) is 4.79 Å². The largest absolute Gasteiger partial charge is 0.314 e.